The number of aliphatic imine (C=N–C) groups is 1. The van der Waals surface area contributed by atoms with Crippen LogP contribution in [0.4, 0.5) is 43.9 Å². The number of rotatable bonds is 9. The van der Waals surface area contributed by atoms with Crippen molar-refractivity contribution >= 4 is 24.2 Å². The average Bonchev–Trinajstić information content (AvgIpc) is 3.91. The van der Waals surface area contributed by atoms with Crippen LogP contribution in [-0.4, -0.2) is 17.4 Å². The lowest BCUT2D eigenvalue weighted by Gasteiger charge is -2.24. The second kappa shape index (κ2) is 17.3. The van der Waals surface area contributed by atoms with Crippen molar-refractivity contribution in [1.29, 1.82) is 0 Å². The number of hydrogen-bond acceptors (Lipinski definition) is 3. The van der Waals surface area contributed by atoms with Crippen molar-refractivity contribution in [3.05, 3.63) is 201 Å². The van der Waals surface area contributed by atoms with Crippen LogP contribution in [0.1, 0.15) is 82.0 Å². The molecule has 15 heteroatoms. The highest BCUT2D eigenvalue weighted by Crippen LogP contribution is 2.45. The van der Waals surface area contributed by atoms with Gasteiger partial charge in [0.2, 0.25) is 58.2 Å². The molecule has 1 aliphatic heterocycles. The lowest BCUT2D eigenvalue weighted by molar-refractivity contribution is 0.306. The van der Waals surface area contributed by atoms with Crippen LogP contribution in [0.15, 0.2) is 114 Å². The quantitative estimate of drug-likeness (QED) is 0.0626. The van der Waals surface area contributed by atoms with E-state index in [9.17, 15) is 26.3 Å². The van der Waals surface area contributed by atoms with E-state index in [4.69, 9.17) is 14.3 Å². The maximum Gasteiger partial charge on any atom is 0.743 e. The van der Waals surface area contributed by atoms with Gasteiger partial charge in [-0.2, -0.15) is 17.6 Å². The van der Waals surface area contributed by atoms with E-state index in [-0.39, 0.29) is 38.9 Å². The van der Waals surface area contributed by atoms with Crippen molar-refractivity contribution in [1.82, 2.24) is 4.48 Å². The Kier molecular flexibility index (Phi) is 12.0. The van der Waals surface area contributed by atoms with Crippen molar-refractivity contribution in [2.75, 3.05) is 0 Å². The first kappa shape index (κ1) is 46.5. The number of fused-ring (bicyclic) bond motifs is 1. The highest BCUT2D eigenvalue weighted by molar-refractivity contribution is 6.46. The van der Waals surface area contributed by atoms with Gasteiger partial charge in [0.15, 0.2) is 11.5 Å². The molecule has 4 nitrogen and oxygen atoms in total. The summed E-state index contributed by atoms with van der Waals surface area (Å²) < 4.78 is 164. The van der Waals surface area contributed by atoms with Crippen LogP contribution in [0.5, 0.6) is 11.5 Å². The van der Waals surface area contributed by atoms with Crippen LogP contribution < -0.4 is 9.31 Å². The molecule has 0 N–H and O–H groups in total. The summed E-state index contributed by atoms with van der Waals surface area (Å²) in [7, 11) is -2.82. The second-order valence-electron chi connectivity index (χ2n) is 18.0. The van der Waals surface area contributed by atoms with Crippen LogP contribution in [0, 0.1) is 58.2 Å². The zero-order valence-corrected chi connectivity index (χ0v) is 37.0. The first-order chi connectivity index (χ1) is 31.6. The maximum absolute atomic E-state index is 15.8. The molecule has 0 fully saturated rings. The van der Waals surface area contributed by atoms with Gasteiger partial charge in [0.1, 0.15) is 0 Å². The number of aromatic nitrogens is 1. The Morgan fingerprint density at radius 3 is 1.31 bits per heavy atom. The molecular formula is C52H39BF10N2O2. The molecule has 7 aromatic rings. The maximum atomic E-state index is 15.8. The summed E-state index contributed by atoms with van der Waals surface area (Å²) >= 11 is 0. The van der Waals surface area contributed by atoms with Gasteiger partial charge in [-0.15, -0.1) is 0 Å². The summed E-state index contributed by atoms with van der Waals surface area (Å²) in [5, 5.41) is 0. The number of benzene rings is 6. The summed E-state index contributed by atoms with van der Waals surface area (Å²) in [5.41, 5.74) is 5.05. The summed E-state index contributed by atoms with van der Waals surface area (Å²) in [6.45, 7) is 13.4. The Morgan fingerprint density at radius 1 is 0.463 bits per heavy atom. The first-order valence-electron chi connectivity index (χ1n) is 20.9. The van der Waals surface area contributed by atoms with E-state index in [1.54, 1.807) is 67.6 Å². The third-order valence-corrected chi connectivity index (χ3v) is 11.6. The summed E-state index contributed by atoms with van der Waals surface area (Å²) in [4.78, 5) is 5.07. The molecule has 0 aliphatic carbocycles. The monoisotopic (exact) mass is 924 g/mol. The molecule has 0 saturated carbocycles. The van der Waals surface area contributed by atoms with Crippen LogP contribution >= 0.6 is 0 Å². The predicted octanol–water partition coefficient (Wildman–Crippen LogP) is 14.5. The third kappa shape index (κ3) is 8.29. The van der Waals surface area contributed by atoms with Crippen molar-refractivity contribution in [3.8, 4) is 33.9 Å². The summed E-state index contributed by atoms with van der Waals surface area (Å²) in [5.74, 6) is -29.0. The van der Waals surface area contributed by atoms with E-state index in [0.717, 1.165) is 15.6 Å². The average molecular weight is 925 g/mol. The molecule has 0 spiro atoms. The van der Waals surface area contributed by atoms with E-state index in [0.29, 0.717) is 33.7 Å². The van der Waals surface area contributed by atoms with Gasteiger partial charge in [-0.05, 0) is 51.6 Å². The number of halogens is 10. The van der Waals surface area contributed by atoms with Gasteiger partial charge in [-0.1, -0.05) is 145 Å². The van der Waals surface area contributed by atoms with Gasteiger partial charge in [0.05, 0.1) is 11.4 Å². The molecule has 0 bridgehead atoms. The molecule has 8 rings (SSSR count). The predicted molar refractivity (Wildman–Crippen MR) is 239 cm³/mol. The van der Waals surface area contributed by atoms with Crippen LogP contribution in [0.2, 0.25) is 0 Å². The van der Waals surface area contributed by atoms with Gasteiger partial charge >= 0.3 is 7.25 Å². The Balaban J connectivity index is 1.53. The highest BCUT2D eigenvalue weighted by atomic mass is 19.2. The van der Waals surface area contributed by atoms with Crippen LogP contribution in [0.3, 0.4) is 0 Å². The zero-order valence-electron chi connectivity index (χ0n) is 37.0. The van der Waals surface area contributed by atoms with Gasteiger partial charge in [0, 0.05) is 33.6 Å². The molecule has 6 aromatic carbocycles. The first-order valence-corrected chi connectivity index (χ1v) is 20.9. The lowest BCUT2D eigenvalue weighted by atomic mass is 9.86. The Hall–Kier alpha value is -7.03. The highest BCUT2D eigenvalue weighted by Gasteiger charge is 2.42. The smallest absolute Gasteiger partial charge is 0.502 e. The van der Waals surface area contributed by atoms with E-state index >= 15 is 17.6 Å². The van der Waals surface area contributed by atoms with Crippen molar-refractivity contribution in [2.45, 2.75) is 59.3 Å². The number of allylic oxidation sites excluding steroid dienone is 1. The molecule has 1 aliphatic rings. The molecule has 0 unspecified atom stereocenters. The molecule has 2 heterocycles. The fourth-order valence-corrected chi connectivity index (χ4v) is 7.91. The van der Waals surface area contributed by atoms with Crippen molar-refractivity contribution in [2.24, 2.45) is 4.99 Å². The Morgan fingerprint density at radius 2 is 0.866 bits per heavy atom. The second-order valence-corrected chi connectivity index (χ2v) is 18.0. The number of nitrogens with zero attached hydrogens (tertiary/aromatic N) is 2. The molecule has 0 amide bonds. The molecule has 1 aromatic heterocycles. The molecule has 0 saturated heterocycles. The van der Waals surface area contributed by atoms with E-state index in [2.05, 4.69) is 0 Å². The SMILES string of the molecule is C/C(=C1/N=C(c2ccccc2)c2ccccc21)c1c(-c2ccc(C(C)(C)C)cc2)cc(-c2ccc(C(C)(C)C)cc2)n1B(Oc1c(F)c(F)c(F)c(F)c1F)Oc1c(F)c(F)c(F)c(F)c1F. The standard InChI is InChI=1S/C52H39BF10N2O2/c1-26(46-32-15-11-12-16-33(32)47(64-46)29-13-9-8-10-14-29)48-34(27-17-21-30(22-18-27)51(2,3)4)25-35(28-19-23-31(24-20-28)52(5,6)7)65(48)53(66-49-42(60)38(56)36(54)39(57)43(49)61)67-50-44(62)40(58)37(55)41(59)45(50)63/h8-25H,1-7H3/b46-26-. The third-order valence-electron chi connectivity index (χ3n) is 11.6. The Labute approximate surface area is 380 Å². The fraction of sp³-hybridized carbons (Fsp3) is 0.173. The van der Waals surface area contributed by atoms with Gasteiger partial charge in [-0.3, -0.25) is 0 Å². The van der Waals surface area contributed by atoms with Crippen molar-refractivity contribution < 1.29 is 53.2 Å². The topological polar surface area (TPSA) is 35.8 Å². The largest absolute Gasteiger partial charge is 0.743 e. The van der Waals surface area contributed by atoms with Gasteiger partial charge in [0.25, 0.3) is 0 Å². The van der Waals surface area contributed by atoms with E-state index < -0.39 is 76.9 Å². The lowest BCUT2D eigenvalue weighted by Crippen LogP contribution is -2.41. The van der Waals surface area contributed by atoms with Gasteiger partial charge in [-0.25, -0.2) is 31.3 Å². The minimum Gasteiger partial charge on any atom is -0.502 e. The molecule has 67 heavy (non-hydrogen) atoms. The minimum absolute atomic E-state index is 0.0263. The number of hydrogen-bond donors (Lipinski definition) is 0. The molecular weight excluding hydrogens is 885 g/mol. The molecule has 0 atom stereocenters. The summed E-state index contributed by atoms with van der Waals surface area (Å²) in [6.07, 6.45) is 0. The normalized spacial score (nSPS) is 13.4. The van der Waals surface area contributed by atoms with E-state index in [1.165, 1.54) is 0 Å². The summed E-state index contributed by atoms with van der Waals surface area (Å²) in [6, 6.07) is 31.9. The van der Waals surface area contributed by atoms with Crippen LogP contribution in [-0.2, 0) is 10.8 Å². The minimum atomic E-state index is -2.82. The van der Waals surface area contributed by atoms with E-state index in [1.807, 2.05) is 90.1 Å². The fourth-order valence-electron chi connectivity index (χ4n) is 7.91. The molecule has 0 radical (unpaired) electrons. The Bertz CT molecular complexity index is 3020. The van der Waals surface area contributed by atoms with Crippen LogP contribution in [0.25, 0.3) is 33.7 Å². The van der Waals surface area contributed by atoms with Gasteiger partial charge < -0.3 is 13.8 Å². The zero-order chi connectivity index (χ0) is 48.4. The molecule has 342 valence electrons. The van der Waals surface area contributed by atoms with Crippen molar-refractivity contribution in [3.63, 3.8) is 0 Å².